The minimum absolute atomic E-state index is 0.0220. The molecular weight excluding hydrogens is 668 g/mol. The van der Waals surface area contributed by atoms with Gasteiger partial charge in [-0.2, -0.15) is 8.78 Å². The molecule has 2 aromatic carbocycles. The van der Waals surface area contributed by atoms with Crippen LogP contribution >= 0.6 is 0 Å². The number of hydrogen-bond acceptors (Lipinski definition) is 4. The van der Waals surface area contributed by atoms with Crippen molar-refractivity contribution in [3.05, 3.63) is 64.7 Å². The summed E-state index contributed by atoms with van der Waals surface area (Å²) in [5.74, 6) is 1.16. The second kappa shape index (κ2) is 20.1. The third-order valence-corrected chi connectivity index (χ3v) is 12.2. The molecule has 2 aliphatic carbocycles. The van der Waals surface area contributed by atoms with Gasteiger partial charge in [-0.15, -0.1) is 0 Å². The Kier molecular flexibility index (Phi) is 15.6. The Morgan fingerprint density at radius 3 is 1.62 bits per heavy atom. The molecule has 0 radical (unpaired) electrons. The van der Waals surface area contributed by atoms with Crippen LogP contribution in [0, 0.1) is 58.8 Å². The summed E-state index contributed by atoms with van der Waals surface area (Å²) in [6.07, 6.45) is 20.0. The van der Waals surface area contributed by atoms with E-state index >= 15 is 0 Å². The van der Waals surface area contributed by atoms with E-state index in [9.17, 15) is 17.6 Å². The normalized spacial score (nSPS) is 27.8. The SMILES string of the molecule is CCCC1CCC(C2CC=C(c3ccc(OCC)c(F)c3F)OC2)CC1.CCCC1CCC(C2CCC(c3ccc(OCC)c(F)c3F)OC2)CC1. The third-order valence-electron chi connectivity index (χ3n) is 12.2. The molecule has 0 spiro atoms. The van der Waals surface area contributed by atoms with Crippen LogP contribution in [-0.4, -0.2) is 26.4 Å². The summed E-state index contributed by atoms with van der Waals surface area (Å²) in [6.45, 7) is 9.92. The van der Waals surface area contributed by atoms with E-state index in [2.05, 4.69) is 13.8 Å². The Labute approximate surface area is 310 Å². The smallest absolute Gasteiger partial charge is 0.201 e. The molecule has 2 heterocycles. The Morgan fingerprint density at radius 2 is 1.12 bits per heavy atom. The summed E-state index contributed by atoms with van der Waals surface area (Å²) in [6, 6.07) is 6.15. The molecule has 0 N–H and O–H groups in total. The van der Waals surface area contributed by atoms with E-state index in [4.69, 9.17) is 18.9 Å². The lowest BCUT2D eigenvalue weighted by Crippen LogP contribution is -2.30. The fourth-order valence-electron chi connectivity index (χ4n) is 9.25. The molecule has 290 valence electrons. The van der Waals surface area contributed by atoms with Gasteiger partial charge in [0.25, 0.3) is 0 Å². The Morgan fingerprint density at radius 1 is 0.577 bits per heavy atom. The standard InChI is InChI=1S/C22H32F2O2.C22H30F2O2/c2*1-3-5-15-6-8-16(9-7-15)17-10-12-19(26-14-17)18-11-13-20(25-4-2)22(24)21(18)23/h11,13,15-17,19H,3-10,12,14H2,1-2H3;11-13,15-17H,3-10,14H2,1-2H3. The molecule has 0 amide bonds. The number of hydrogen-bond donors (Lipinski definition) is 0. The van der Waals surface area contributed by atoms with E-state index < -0.39 is 23.3 Å². The summed E-state index contributed by atoms with van der Waals surface area (Å²) in [5, 5.41) is 0. The van der Waals surface area contributed by atoms with Gasteiger partial charge in [0.05, 0.1) is 38.1 Å². The van der Waals surface area contributed by atoms with E-state index in [1.54, 1.807) is 26.0 Å². The van der Waals surface area contributed by atoms with E-state index in [-0.39, 0.29) is 23.2 Å². The first-order chi connectivity index (χ1) is 25.3. The lowest BCUT2D eigenvalue weighted by Gasteiger charge is -2.38. The fraction of sp³-hybridized carbons (Fsp3) is 0.682. The molecular formula is C44H62F4O4. The zero-order valence-corrected chi connectivity index (χ0v) is 32.0. The average molecular weight is 731 g/mol. The molecule has 3 unspecified atom stereocenters. The van der Waals surface area contributed by atoms with Gasteiger partial charge in [-0.3, -0.25) is 0 Å². The van der Waals surface area contributed by atoms with Crippen molar-refractivity contribution in [1.29, 1.82) is 0 Å². The minimum Gasteiger partial charge on any atom is -0.493 e. The van der Waals surface area contributed by atoms with Gasteiger partial charge in [0.2, 0.25) is 11.6 Å². The van der Waals surface area contributed by atoms with Gasteiger partial charge in [0.15, 0.2) is 23.1 Å². The van der Waals surface area contributed by atoms with Gasteiger partial charge in [0, 0.05) is 5.56 Å². The van der Waals surface area contributed by atoms with Crippen molar-refractivity contribution in [3.63, 3.8) is 0 Å². The second-order valence-electron chi connectivity index (χ2n) is 15.6. The van der Waals surface area contributed by atoms with Gasteiger partial charge < -0.3 is 18.9 Å². The first-order valence-electron chi connectivity index (χ1n) is 20.4. The Balaban J connectivity index is 0.000000201. The van der Waals surface area contributed by atoms with Crippen molar-refractivity contribution in [2.45, 2.75) is 130 Å². The number of halogens is 4. The number of ether oxygens (including phenoxy) is 4. The van der Waals surface area contributed by atoms with Crippen LogP contribution in [0.2, 0.25) is 0 Å². The van der Waals surface area contributed by atoms with Crippen LogP contribution in [0.3, 0.4) is 0 Å². The van der Waals surface area contributed by atoms with E-state index in [0.29, 0.717) is 55.5 Å². The van der Waals surface area contributed by atoms with Gasteiger partial charge in [-0.05, 0) is 125 Å². The quantitative estimate of drug-likeness (QED) is 0.204. The molecule has 2 aromatic rings. The Hall–Kier alpha value is -2.74. The van der Waals surface area contributed by atoms with Crippen LogP contribution in [0.15, 0.2) is 30.3 Å². The third kappa shape index (κ3) is 10.3. The largest absolute Gasteiger partial charge is 0.493 e. The first kappa shape index (κ1) is 40.4. The maximum Gasteiger partial charge on any atom is 0.201 e. The minimum atomic E-state index is -0.940. The highest BCUT2D eigenvalue weighted by Gasteiger charge is 2.34. The van der Waals surface area contributed by atoms with Crippen molar-refractivity contribution in [3.8, 4) is 11.5 Å². The first-order valence-corrected chi connectivity index (χ1v) is 20.4. The van der Waals surface area contributed by atoms with Crippen molar-refractivity contribution in [2.24, 2.45) is 35.5 Å². The molecule has 1 saturated heterocycles. The van der Waals surface area contributed by atoms with Crippen LogP contribution in [0.4, 0.5) is 17.6 Å². The zero-order valence-electron chi connectivity index (χ0n) is 32.0. The summed E-state index contributed by atoms with van der Waals surface area (Å²) in [5.41, 5.74) is 0.520. The van der Waals surface area contributed by atoms with E-state index in [0.717, 1.165) is 37.0 Å². The maximum atomic E-state index is 14.4. The van der Waals surface area contributed by atoms with Crippen molar-refractivity contribution < 1.29 is 36.5 Å². The highest BCUT2D eigenvalue weighted by atomic mass is 19.2. The Bertz CT molecular complexity index is 1420. The van der Waals surface area contributed by atoms with Crippen LogP contribution < -0.4 is 9.47 Å². The van der Waals surface area contributed by atoms with Crippen LogP contribution in [0.25, 0.3) is 5.76 Å². The molecule has 6 rings (SSSR count). The highest BCUT2D eigenvalue weighted by Crippen LogP contribution is 2.43. The molecule has 4 aliphatic rings. The van der Waals surface area contributed by atoms with Gasteiger partial charge in [-0.25, -0.2) is 8.78 Å². The van der Waals surface area contributed by atoms with Crippen LogP contribution in [-0.2, 0) is 9.47 Å². The molecule has 4 nitrogen and oxygen atoms in total. The van der Waals surface area contributed by atoms with Crippen LogP contribution in [0.5, 0.6) is 11.5 Å². The summed E-state index contributed by atoms with van der Waals surface area (Å²) < 4.78 is 79.0. The predicted molar refractivity (Wildman–Crippen MR) is 199 cm³/mol. The summed E-state index contributed by atoms with van der Waals surface area (Å²) in [7, 11) is 0. The number of benzene rings is 2. The van der Waals surface area contributed by atoms with Gasteiger partial charge in [-0.1, -0.05) is 65.2 Å². The summed E-state index contributed by atoms with van der Waals surface area (Å²) in [4.78, 5) is 0. The number of allylic oxidation sites excluding steroid dienone is 1. The highest BCUT2D eigenvalue weighted by molar-refractivity contribution is 5.62. The lowest BCUT2D eigenvalue weighted by molar-refractivity contribution is -0.0421. The summed E-state index contributed by atoms with van der Waals surface area (Å²) >= 11 is 0. The molecule has 3 atom stereocenters. The van der Waals surface area contributed by atoms with Gasteiger partial charge >= 0.3 is 0 Å². The van der Waals surface area contributed by atoms with Gasteiger partial charge in [0.1, 0.15) is 5.76 Å². The maximum absolute atomic E-state index is 14.4. The van der Waals surface area contributed by atoms with Crippen molar-refractivity contribution >= 4 is 5.76 Å². The predicted octanol–water partition coefficient (Wildman–Crippen LogP) is 12.8. The zero-order chi connectivity index (χ0) is 37.0. The van der Waals surface area contributed by atoms with Crippen molar-refractivity contribution in [2.75, 3.05) is 26.4 Å². The average Bonchev–Trinajstić information content (AvgIpc) is 3.17. The van der Waals surface area contributed by atoms with Crippen molar-refractivity contribution in [1.82, 2.24) is 0 Å². The molecule has 52 heavy (non-hydrogen) atoms. The molecule has 8 heteroatoms. The fourth-order valence-corrected chi connectivity index (χ4v) is 9.25. The molecule has 3 fully saturated rings. The van der Waals surface area contributed by atoms with E-state index in [1.807, 2.05) is 6.08 Å². The topological polar surface area (TPSA) is 36.9 Å². The monoisotopic (exact) mass is 730 g/mol. The van der Waals surface area contributed by atoms with E-state index in [1.165, 1.54) is 89.2 Å². The molecule has 2 saturated carbocycles. The second-order valence-corrected chi connectivity index (χ2v) is 15.6. The molecule has 0 bridgehead atoms. The molecule has 2 aliphatic heterocycles. The lowest BCUT2D eigenvalue weighted by atomic mass is 9.73. The molecule has 0 aromatic heterocycles. The number of rotatable bonds is 12. The van der Waals surface area contributed by atoms with Crippen LogP contribution in [0.1, 0.15) is 141 Å².